The molecule has 0 aliphatic carbocycles. The summed E-state index contributed by atoms with van der Waals surface area (Å²) >= 11 is 0. The van der Waals surface area contributed by atoms with Crippen molar-refractivity contribution in [1.29, 1.82) is 5.26 Å². The van der Waals surface area contributed by atoms with Crippen molar-refractivity contribution in [1.82, 2.24) is 10.2 Å². The average Bonchev–Trinajstić information content (AvgIpc) is 2.37. The van der Waals surface area contributed by atoms with Crippen LogP contribution in [0.3, 0.4) is 0 Å². The first-order valence-corrected chi connectivity index (χ1v) is 6.75. The Bertz CT molecular complexity index is 464. The predicted octanol–water partition coefficient (Wildman–Crippen LogP) is 1.87. The molecule has 0 amide bonds. The summed E-state index contributed by atoms with van der Waals surface area (Å²) in [5.74, 6) is 0.301. The molecule has 1 atom stereocenters. The van der Waals surface area contributed by atoms with Gasteiger partial charge in [-0.15, -0.1) is 0 Å². The summed E-state index contributed by atoms with van der Waals surface area (Å²) in [5.41, 5.74) is 3.33. The number of piperazine rings is 1. The van der Waals surface area contributed by atoms with Crippen LogP contribution in [0.4, 0.5) is 0 Å². The van der Waals surface area contributed by atoms with Crippen LogP contribution in [0.5, 0.6) is 5.75 Å². The zero-order valence-corrected chi connectivity index (χ0v) is 11.6. The molecule has 1 aliphatic heterocycles. The number of aromatic hydroxyl groups is 1. The van der Waals surface area contributed by atoms with E-state index in [-0.39, 0.29) is 6.04 Å². The van der Waals surface area contributed by atoms with E-state index >= 15 is 0 Å². The van der Waals surface area contributed by atoms with Crippen molar-refractivity contribution in [2.45, 2.75) is 26.3 Å². The van der Waals surface area contributed by atoms with Gasteiger partial charge in [-0.05, 0) is 42.7 Å². The molecule has 0 radical (unpaired) electrons. The van der Waals surface area contributed by atoms with Gasteiger partial charge < -0.3 is 10.4 Å². The number of nitrogens with one attached hydrogen (secondary N) is 1. The fourth-order valence-corrected chi connectivity index (χ4v) is 2.97. The molecule has 1 aromatic carbocycles. The second-order valence-corrected chi connectivity index (χ2v) is 5.16. The van der Waals surface area contributed by atoms with Crippen LogP contribution in [0.1, 0.15) is 29.2 Å². The summed E-state index contributed by atoms with van der Waals surface area (Å²) in [6, 6.07) is 6.01. The molecule has 2 N–H and O–H groups in total. The minimum atomic E-state index is 0.132. The first-order chi connectivity index (χ1) is 9.13. The van der Waals surface area contributed by atoms with Crippen molar-refractivity contribution < 1.29 is 5.11 Å². The van der Waals surface area contributed by atoms with E-state index in [0.717, 1.165) is 37.3 Å². The summed E-state index contributed by atoms with van der Waals surface area (Å²) in [7, 11) is 0. The quantitative estimate of drug-likeness (QED) is 0.870. The molecule has 0 unspecified atom stereocenters. The van der Waals surface area contributed by atoms with Gasteiger partial charge in [-0.25, -0.2) is 0 Å². The smallest absolute Gasteiger partial charge is 0.116 e. The second-order valence-electron chi connectivity index (χ2n) is 5.16. The fraction of sp³-hybridized carbons (Fsp3) is 0.533. The van der Waals surface area contributed by atoms with E-state index in [2.05, 4.69) is 16.3 Å². The first kappa shape index (κ1) is 13.9. The van der Waals surface area contributed by atoms with Gasteiger partial charge in [-0.2, -0.15) is 5.26 Å². The Balaban J connectivity index is 2.36. The summed E-state index contributed by atoms with van der Waals surface area (Å²) in [5, 5.41) is 22.1. The number of phenolic OH excluding ortho intramolecular Hbond substituents is 1. The Morgan fingerprint density at radius 2 is 1.89 bits per heavy atom. The maximum absolute atomic E-state index is 9.65. The summed E-state index contributed by atoms with van der Waals surface area (Å²) in [4.78, 5) is 2.37. The molecule has 2 rings (SSSR count). The third-order valence-electron chi connectivity index (χ3n) is 3.79. The molecule has 0 aromatic heterocycles. The second kappa shape index (κ2) is 6.05. The summed E-state index contributed by atoms with van der Waals surface area (Å²) < 4.78 is 0. The topological polar surface area (TPSA) is 59.3 Å². The molecule has 1 aromatic rings. The first-order valence-electron chi connectivity index (χ1n) is 6.75. The predicted molar refractivity (Wildman–Crippen MR) is 75.0 cm³/mol. The number of hydrogen-bond acceptors (Lipinski definition) is 4. The Hall–Kier alpha value is -1.57. The highest BCUT2D eigenvalue weighted by Crippen LogP contribution is 2.32. The van der Waals surface area contributed by atoms with E-state index in [1.165, 1.54) is 5.56 Å². The van der Waals surface area contributed by atoms with Crippen LogP contribution in [-0.4, -0.2) is 36.2 Å². The van der Waals surface area contributed by atoms with Crippen LogP contribution in [0.15, 0.2) is 12.1 Å². The van der Waals surface area contributed by atoms with E-state index < -0.39 is 0 Å². The van der Waals surface area contributed by atoms with Crippen LogP contribution >= 0.6 is 0 Å². The molecule has 0 spiro atoms. The van der Waals surface area contributed by atoms with E-state index in [1.807, 2.05) is 13.8 Å². The van der Waals surface area contributed by atoms with Gasteiger partial charge >= 0.3 is 0 Å². The zero-order chi connectivity index (χ0) is 13.8. The lowest BCUT2D eigenvalue weighted by atomic mass is 9.92. The molecule has 1 fully saturated rings. The molecule has 0 saturated carbocycles. The van der Waals surface area contributed by atoms with Crippen molar-refractivity contribution in [3.63, 3.8) is 0 Å². The van der Waals surface area contributed by atoms with Crippen LogP contribution < -0.4 is 5.32 Å². The molecule has 4 heteroatoms. The SMILES string of the molecule is Cc1cc(O)cc(C)c1[C@H](CC#N)N1CCNCC1. The van der Waals surface area contributed by atoms with Gasteiger partial charge in [0, 0.05) is 32.2 Å². The maximum atomic E-state index is 9.65. The van der Waals surface area contributed by atoms with E-state index in [4.69, 9.17) is 5.26 Å². The van der Waals surface area contributed by atoms with Crippen LogP contribution in [0.25, 0.3) is 0 Å². The lowest BCUT2D eigenvalue weighted by Gasteiger charge is -2.35. The van der Waals surface area contributed by atoms with Crippen LogP contribution in [-0.2, 0) is 0 Å². The molecule has 1 aliphatic rings. The lowest BCUT2D eigenvalue weighted by molar-refractivity contribution is 0.174. The minimum absolute atomic E-state index is 0.132. The van der Waals surface area contributed by atoms with Crippen LogP contribution in [0.2, 0.25) is 0 Å². The highest BCUT2D eigenvalue weighted by Gasteiger charge is 2.24. The normalized spacial score (nSPS) is 17.9. The summed E-state index contributed by atoms with van der Waals surface area (Å²) in [6.07, 6.45) is 0.493. The monoisotopic (exact) mass is 259 g/mol. The van der Waals surface area contributed by atoms with Crippen molar-refractivity contribution in [2.75, 3.05) is 26.2 Å². The van der Waals surface area contributed by atoms with E-state index in [9.17, 15) is 5.11 Å². The third kappa shape index (κ3) is 3.06. The van der Waals surface area contributed by atoms with Crippen molar-refractivity contribution in [2.24, 2.45) is 0 Å². The average molecular weight is 259 g/mol. The zero-order valence-electron chi connectivity index (χ0n) is 11.6. The summed E-state index contributed by atoms with van der Waals surface area (Å²) in [6.45, 7) is 7.89. The van der Waals surface area contributed by atoms with Gasteiger partial charge in [-0.1, -0.05) is 0 Å². The molecular formula is C15H21N3O. The van der Waals surface area contributed by atoms with Gasteiger partial charge in [0.15, 0.2) is 0 Å². The number of hydrogen-bond donors (Lipinski definition) is 2. The molecular weight excluding hydrogens is 238 g/mol. The highest BCUT2D eigenvalue weighted by atomic mass is 16.3. The Kier molecular flexibility index (Phi) is 4.41. The van der Waals surface area contributed by atoms with Gasteiger partial charge in [0.25, 0.3) is 0 Å². The standard InChI is InChI=1S/C15H21N3O/c1-11-9-13(19)10-12(2)15(11)14(3-4-16)18-7-5-17-6-8-18/h9-10,14,17,19H,3,5-8H2,1-2H3/t14-/m0/s1. The number of benzene rings is 1. The van der Waals surface area contributed by atoms with E-state index in [0.29, 0.717) is 12.2 Å². The Morgan fingerprint density at radius 3 is 2.42 bits per heavy atom. The Labute approximate surface area is 114 Å². The Morgan fingerprint density at radius 1 is 1.32 bits per heavy atom. The van der Waals surface area contributed by atoms with Crippen molar-refractivity contribution >= 4 is 0 Å². The maximum Gasteiger partial charge on any atom is 0.116 e. The van der Waals surface area contributed by atoms with Crippen molar-refractivity contribution in [3.05, 3.63) is 28.8 Å². The van der Waals surface area contributed by atoms with Gasteiger partial charge in [0.1, 0.15) is 5.75 Å². The molecule has 1 saturated heterocycles. The van der Waals surface area contributed by atoms with Gasteiger partial charge in [0.2, 0.25) is 0 Å². The molecule has 0 bridgehead atoms. The number of nitriles is 1. The van der Waals surface area contributed by atoms with Crippen LogP contribution in [0, 0.1) is 25.2 Å². The van der Waals surface area contributed by atoms with Gasteiger partial charge in [-0.3, -0.25) is 4.90 Å². The fourth-order valence-electron chi connectivity index (χ4n) is 2.97. The molecule has 102 valence electrons. The minimum Gasteiger partial charge on any atom is -0.508 e. The molecule has 19 heavy (non-hydrogen) atoms. The molecule has 4 nitrogen and oxygen atoms in total. The largest absolute Gasteiger partial charge is 0.508 e. The lowest BCUT2D eigenvalue weighted by Crippen LogP contribution is -2.45. The van der Waals surface area contributed by atoms with Crippen molar-refractivity contribution in [3.8, 4) is 11.8 Å². The molecule has 1 heterocycles. The highest BCUT2D eigenvalue weighted by molar-refractivity contribution is 5.42. The van der Waals surface area contributed by atoms with E-state index in [1.54, 1.807) is 12.1 Å². The number of aryl methyl sites for hydroxylation is 2. The number of nitrogens with zero attached hydrogens (tertiary/aromatic N) is 2. The number of rotatable bonds is 3. The van der Waals surface area contributed by atoms with Gasteiger partial charge in [0.05, 0.1) is 12.5 Å². The third-order valence-corrected chi connectivity index (χ3v) is 3.79. The number of phenols is 1.